The van der Waals surface area contributed by atoms with Crippen molar-refractivity contribution in [3.63, 3.8) is 0 Å². The second kappa shape index (κ2) is 6.86. The highest BCUT2D eigenvalue weighted by molar-refractivity contribution is 5.80. The molecule has 0 aliphatic carbocycles. The smallest absolute Gasteiger partial charge is 0.408 e. The highest BCUT2D eigenvalue weighted by atomic mass is 19.4. The number of hydrogen-bond acceptors (Lipinski definition) is 4. The third-order valence-electron chi connectivity index (χ3n) is 4.62. The highest BCUT2D eigenvalue weighted by Gasteiger charge is 2.30. The minimum absolute atomic E-state index is 0.307. The molecule has 1 aromatic heterocycles. The molecule has 1 aliphatic rings. The molecule has 27 heavy (non-hydrogen) atoms. The van der Waals surface area contributed by atoms with Gasteiger partial charge in [-0.05, 0) is 35.4 Å². The van der Waals surface area contributed by atoms with Gasteiger partial charge in [-0.15, -0.1) is 0 Å². The molecule has 0 radical (unpaired) electrons. The quantitative estimate of drug-likeness (QED) is 0.741. The van der Waals surface area contributed by atoms with Gasteiger partial charge in [0.2, 0.25) is 0 Å². The minimum atomic E-state index is -4.37. The van der Waals surface area contributed by atoms with Gasteiger partial charge in [-0.2, -0.15) is 13.2 Å². The summed E-state index contributed by atoms with van der Waals surface area (Å²) < 4.78 is 50.1. The summed E-state index contributed by atoms with van der Waals surface area (Å²) in [5, 5.41) is 3.28. The summed E-state index contributed by atoms with van der Waals surface area (Å²) in [5.41, 5.74) is 1.71. The fraction of sp³-hybridized carbons (Fsp3) is 0.316. The molecular weight excluding hydrogens is 361 g/mol. The predicted molar refractivity (Wildman–Crippen MR) is 93.5 cm³/mol. The third-order valence-corrected chi connectivity index (χ3v) is 4.62. The van der Waals surface area contributed by atoms with Gasteiger partial charge in [0.15, 0.2) is 5.58 Å². The molecule has 1 fully saturated rings. The number of fused-ring (bicyclic) bond motifs is 1. The molecule has 142 valence electrons. The van der Waals surface area contributed by atoms with E-state index in [9.17, 15) is 18.0 Å². The summed E-state index contributed by atoms with van der Waals surface area (Å²) in [6.07, 6.45) is -4.37. The van der Waals surface area contributed by atoms with E-state index in [1.165, 1.54) is 16.7 Å². The number of oxazole rings is 1. The van der Waals surface area contributed by atoms with Gasteiger partial charge in [0, 0.05) is 13.1 Å². The van der Waals surface area contributed by atoms with Crippen molar-refractivity contribution in [1.29, 1.82) is 0 Å². The maximum Gasteiger partial charge on any atom is 0.419 e. The maximum absolute atomic E-state index is 12.7. The van der Waals surface area contributed by atoms with Crippen LogP contribution in [0.3, 0.4) is 0 Å². The van der Waals surface area contributed by atoms with E-state index in [2.05, 4.69) is 5.32 Å². The van der Waals surface area contributed by atoms with E-state index in [-0.39, 0.29) is 0 Å². The molecule has 1 aliphatic heterocycles. The van der Waals surface area contributed by atoms with Crippen molar-refractivity contribution >= 4 is 11.1 Å². The topological polar surface area (TPSA) is 56.4 Å². The van der Waals surface area contributed by atoms with Gasteiger partial charge in [-0.25, -0.2) is 4.79 Å². The van der Waals surface area contributed by atoms with E-state index in [1.807, 2.05) is 0 Å². The molecule has 0 atom stereocenters. The first kappa shape index (κ1) is 17.8. The Morgan fingerprint density at radius 3 is 2.41 bits per heavy atom. The van der Waals surface area contributed by atoms with Gasteiger partial charge in [-0.1, -0.05) is 18.2 Å². The Morgan fingerprint density at radius 2 is 1.78 bits per heavy atom. The summed E-state index contributed by atoms with van der Waals surface area (Å²) in [6, 6.07) is 10.4. The lowest BCUT2D eigenvalue weighted by molar-refractivity contribution is -0.137. The molecule has 0 bridgehead atoms. The van der Waals surface area contributed by atoms with E-state index in [0.29, 0.717) is 54.6 Å². The molecule has 2 heterocycles. The van der Waals surface area contributed by atoms with Gasteiger partial charge >= 0.3 is 11.9 Å². The Labute approximate surface area is 152 Å². The summed E-state index contributed by atoms with van der Waals surface area (Å²) in [5.74, 6) is -0.457. The maximum atomic E-state index is 12.7. The minimum Gasteiger partial charge on any atom is -0.408 e. The number of nitrogens with one attached hydrogen (secondary N) is 1. The number of halogens is 3. The third kappa shape index (κ3) is 3.63. The van der Waals surface area contributed by atoms with Gasteiger partial charge in [0.25, 0.3) is 0 Å². The molecule has 0 amide bonds. The fourth-order valence-electron chi connectivity index (χ4n) is 3.04. The van der Waals surface area contributed by atoms with Crippen LogP contribution in [0.4, 0.5) is 13.2 Å². The van der Waals surface area contributed by atoms with E-state index in [1.54, 1.807) is 18.2 Å². The Balaban J connectivity index is 1.60. The largest absolute Gasteiger partial charge is 0.419 e. The molecule has 5 nitrogen and oxygen atoms in total. The molecule has 1 N–H and O–H groups in total. The van der Waals surface area contributed by atoms with Crippen molar-refractivity contribution in [2.24, 2.45) is 0 Å². The number of rotatable bonds is 5. The van der Waals surface area contributed by atoms with Gasteiger partial charge < -0.3 is 14.5 Å². The van der Waals surface area contributed by atoms with Crippen molar-refractivity contribution in [1.82, 2.24) is 9.88 Å². The van der Waals surface area contributed by atoms with E-state index < -0.39 is 17.5 Å². The van der Waals surface area contributed by atoms with Crippen molar-refractivity contribution in [3.05, 3.63) is 58.6 Å². The standard InChI is InChI=1S/C19H17F3N2O3/c20-19(21,22)14-4-1-12(2-5-14)13-3-6-17-16(9-13)24(18(25)27-17)8-7-23-15-10-26-11-15/h1-6,9,15,23H,7-8,10-11H2. The number of ether oxygens (including phenoxy) is 1. The number of benzene rings is 2. The summed E-state index contributed by atoms with van der Waals surface area (Å²) in [6.45, 7) is 2.35. The first-order valence-electron chi connectivity index (χ1n) is 8.54. The lowest BCUT2D eigenvalue weighted by Gasteiger charge is -2.26. The fourth-order valence-corrected chi connectivity index (χ4v) is 3.04. The Bertz CT molecular complexity index is 1000. The van der Waals surface area contributed by atoms with Crippen LogP contribution >= 0.6 is 0 Å². The highest BCUT2D eigenvalue weighted by Crippen LogP contribution is 2.31. The van der Waals surface area contributed by atoms with Gasteiger partial charge in [0.1, 0.15) is 0 Å². The number of alkyl halides is 3. The number of nitrogens with zero attached hydrogens (tertiary/aromatic N) is 1. The Morgan fingerprint density at radius 1 is 1.07 bits per heavy atom. The number of hydrogen-bond donors (Lipinski definition) is 1. The van der Waals surface area contributed by atoms with E-state index in [4.69, 9.17) is 9.15 Å². The molecule has 1 saturated heterocycles. The molecular formula is C19H17F3N2O3. The van der Waals surface area contributed by atoms with E-state index in [0.717, 1.165) is 12.1 Å². The zero-order chi connectivity index (χ0) is 19.0. The summed E-state index contributed by atoms with van der Waals surface area (Å²) >= 11 is 0. The average Bonchev–Trinajstić information content (AvgIpc) is 2.91. The van der Waals surface area contributed by atoms with Crippen LogP contribution in [-0.4, -0.2) is 30.4 Å². The molecule has 3 aromatic rings. The lowest BCUT2D eigenvalue weighted by Crippen LogP contribution is -2.47. The zero-order valence-corrected chi connectivity index (χ0v) is 14.3. The normalized spacial score (nSPS) is 15.2. The van der Waals surface area contributed by atoms with Crippen LogP contribution in [0, 0.1) is 0 Å². The summed E-state index contributed by atoms with van der Waals surface area (Å²) in [7, 11) is 0. The Kier molecular flexibility index (Phi) is 4.53. The van der Waals surface area contributed by atoms with Crippen LogP contribution in [0.5, 0.6) is 0 Å². The van der Waals surface area contributed by atoms with E-state index >= 15 is 0 Å². The van der Waals surface area contributed by atoms with Gasteiger partial charge in [-0.3, -0.25) is 4.57 Å². The zero-order valence-electron chi connectivity index (χ0n) is 14.3. The first-order valence-corrected chi connectivity index (χ1v) is 8.54. The lowest BCUT2D eigenvalue weighted by atomic mass is 10.0. The predicted octanol–water partition coefficient (Wildman–Crippen LogP) is 3.27. The summed E-state index contributed by atoms with van der Waals surface area (Å²) in [4.78, 5) is 12.1. The van der Waals surface area contributed by atoms with Crippen LogP contribution in [0.15, 0.2) is 51.7 Å². The molecule has 4 rings (SSSR count). The second-order valence-corrected chi connectivity index (χ2v) is 6.47. The molecule has 8 heteroatoms. The van der Waals surface area contributed by atoms with Crippen molar-refractivity contribution < 1.29 is 22.3 Å². The van der Waals surface area contributed by atoms with Crippen LogP contribution in [0.2, 0.25) is 0 Å². The van der Waals surface area contributed by atoms with Crippen molar-refractivity contribution in [2.45, 2.75) is 18.8 Å². The average molecular weight is 378 g/mol. The van der Waals surface area contributed by atoms with Crippen molar-refractivity contribution in [2.75, 3.05) is 19.8 Å². The monoisotopic (exact) mass is 378 g/mol. The first-order chi connectivity index (χ1) is 12.9. The molecule has 2 aromatic carbocycles. The second-order valence-electron chi connectivity index (χ2n) is 6.47. The Hall–Kier alpha value is -2.58. The van der Waals surface area contributed by atoms with Crippen molar-refractivity contribution in [3.8, 4) is 11.1 Å². The number of aromatic nitrogens is 1. The molecule has 0 spiro atoms. The van der Waals surface area contributed by atoms with Crippen LogP contribution in [0.1, 0.15) is 5.56 Å². The van der Waals surface area contributed by atoms with Crippen LogP contribution < -0.4 is 11.1 Å². The molecule has 0 saturated carbocycles. The van der Waals surface area contributed by atoms with Crippen LogP contribution in [0.25, 0.3) is 22.2 Å². The van der Waals surface area contributed by atoms with Crippen LogP contribution in [-0.2, 0) is 17.5 Å². The van der Waals surface area contributed by atoms with Gasteiger partial charge in [0.05, 0.1) is 30.3 Å². The molecule has 0 unspecified atom stereocenters. The SMILES string of the molecule is O=c1oc2ccc(-c3ccc(C(F)(F)F)cc3)cc2n1CCNC1COC1.